The Morgan fingerprint density at radius 3 is 2.81 bits per heavy atom. The third kappa shape index (κ3) is 4.12. The molecule has 0 aliphatic carbocycles. The van der Waals surface area contributed by atoms with Gasteiger partial charge in [-0.25, -0.2) is 0 Å². The summed E-state index contributed by atoms with van der Waals surface area (Å²) >= 11 is 0. The van der Waals surface area contributed by atoms with Gasteiger partial charge in [-0.05, 0) is 44.5 Å². The molecule has 112 valence electrons. The van der Waals surface area contributed by atoms with Gasteiger partial charge in [0.05, 0.1) is 11.8 Å². The number of carbonyl (C=O) groups excluding carboxylic acids is 1. The molecule has 0 fully saturated rings. The molecule has 1 unspecified atom stereocenters. The molecule has 1 aromatic carbocycles. The highest BCUT2D eigenvalue weighted by atomic mass is 16.3. The van der Waals surface area contributed by atoms with E-state index in [-0.39, 0.29) is 11.9 Å². The Hall–Kier alpha value is -2.23. The van der Waals surface area contributed by atoms with Crippen LogP contribution in [-0.4, -0.2) is 19.0 Å². The lowest BCUT2D eigenvalue weighted by Gasteiger charge is -2.15. The second kappa shape index (κ2) is 6.97. The Labute approximate surface area is 125 Å². The van der Waals surface area contributed by atoms with Crippen LogP contribution in [0, 0.1) is 6.92 Å². The monoisotopic (exact) mass is 286 g/mol. The molecular formula is C17H22N2O2. The molecule has 1 amide bonds. The fraction of sp³-hybridized carbons (Fsp3) is 0.353. The first-order valence-corrected chi connectivity index (χ1v) is 7.22. The quantitative estimate of drug-likeness (QED) is 0.856. The maximum Gasteiger partial charge on any atom is 0.253 e. The highest BCUT2D eigenvalue weighted by molar-refractivity contribution is 5.99. The van der Waals surface area contributed by atoms with Crippen molar-refractivity contribution in [3.8, 4) is 0 Å². The van der Waals surface area contributed by atoms with Gasteiger partial charge in [0.2, 0.25) is 0 Å². The van der Waals surface area contributed by atoms with Crippen molar-refractivity contribution < 1.29 is 9.21 Å². The molecule has 0 aliphatic rings. The molecule has 21 heavy (non-hydrogen) atoms. The molecule has 4 nitrogen and oxygen atoms in total. The van der Waals surface area contributed by atoms with Crippen LogP contribution in [0.2, 0.25) is 0 Å². The predicted molar refractivity (Wildman–Crippen MR) is 84.7 cm³/mol. The zero-order chi connectivity index (χ0) is 15.2. The summed E-state index contributed by atoms with van der Waals surface area (Å²) in [5.74, 6) is 0.901. The van der Waals surface area contributed by atoms with Gasteiger partial charge in [-0.3, -0.25) is 4.79 Å². The van der Waals surface area contributed by atoms with Crippen LogP contribution < -0.4 is 10.6 Å². The standard InChI is InChI=1S/C17H22N2O2/c1-12-6-9-16(18-3)15(11-12)17(20)19-13(2)7-8-14-5-4-10-21-14/h4-6,9-11,13,18H,7-8H2,1-3H3,(H,19,20). The fourth-order valence-corrected chi connectivity index (χ4v) is 2.25. The average molecular weight is 286 g/mol. The number of aryl methyl sites for hydroxylation is 2. The third-order valence-corrected chi connectivity index (χ3v) is 3.47. The van der Waals surface area contributed by atoms with E-state index >= 15 is 0 Å². The molecule has 0 spiro atoms. The summed E-state index contributed by atoms with van der Waals surface area (Å²) in [5.41, 5.74) is 2.60. The van der Waals surface area contributed by atoms with Gasteiger partial charge in [-0.2, -0.15) is 0 Å². The van der Waals surface area contributed by atoms with E-state index in [1.54, 1.807) is 6.26 Å². The van der Waals surface area contributed by atoms with E-state index in [4.69, 9.17) is 4.42 Å². The van der Waals surface area contributed by atoms with Gasteiger partial charge in [0.25, 0.3) is 5.91 Å². The van der Waals surface area contributed by atoms with Crippen molar-refractivity contribution in [2.75, 3.05) is 12.4 Å². The molecule has 2 aromatic rings. The minimum Gasteiger partial charge on any atom is -0.469 e. The largest absolute Gasteiger partial charge is 0.469 e. The summed E-state index contributed by atoms with van der Waals surface area (Å²) in [6.45, 7) is 3.99. The van der Waals surface area contributed by atoms with Gasteiger partial charge in [-0.15, -0.1) is 0 Å². The van der Waals surface area contributed by atoms with E-state index in [0.717, 1.165) is 29.9 Å². The minimum absolute atomic E-state index is 0.0463. The number of benzene rings is 1. The molecule has 0 radical (unpaired) electrons. The van der Waals surface area contributed by atoms with Crippen molar-refractivity contribution in [3.63, 3.8) is 0 Å². The van der Waals surface area contributed by atoms with E-state index in [9.17, 15) is 4.79 Å². The molecule has 2 rings (SSSR count). The Morgan fingerprint density at radius 1 is 1.33 bits per heavy atom. The summed E-state index contributed by atoms with van der Waals surface area (Å²) in [4.78, 5) is 12.4. The smallest absolute Gasteiger partial charge is 0.253 e. The van der Waals surface area contributed by atoms with Gasteiger partial charge in [-0.1, -0.05) is 11.6 Å². The van der Waals surface area contributed by atoms with Crippen molar-refractivity contribution in [1.82, 2.24) is 5.32 Å². The summed E-state index contributed by atoms with van der Waals surface area (Å²) < 4.78 is 5.30. The summed E-state index contributed by atoms with van der Waals surface area (Å²) in [7, 11) is 1.82. The van der Waals surface area contributed by atoms with E-state index in [2.05, 4.69) is 10.6 Å². The molecule has 2 N–H and O–H groups in total. The van der Waals surface area contributed by atoms with Crippen molar-refractivity contribution in [1.29, 1.82) is 0 Å². The van der Waals surface area contributed by atoms with Crippen LogP contribution in [-0.2, 0) is 6.42 Å². The van der Waals surface area contributed by atoms with Gasteiger partial charge >= 0.3 is 0 Å². The zero-order valence-electron chi connectivity index (χ0n) is 12.8. The van der Waals surface area contributed by atoms with Crippen LogP contribution in [0.3, 0.4) is 0 Å². The van der Waals surface area contributed by atoms with E-state index in [0.29, 0.717) is 5.56 Å². The number of amides is 1. The van der Waals surface area contributed by atoms with Crippen molar-refractivity contribution in [2.45, 2.75) is 32.7 Å². The highest BCUT2D eigenvalue weighted by Gasteiger charge is 2.14. The van der Waals surface area contributed by atoms with E-state index in [1.165, 1.54) is 0 Å². The Bertz CT molecular complexity index is 591. The lowest BCUT2D eigenvalue weighted by molar-refractivity contribution is 0.0939. The molecule has 0 saturated carbocycles. The molecular weight excluding hydrogens is 264 g/mol. The van der Waals surface area contributed by atoms with Crippen LogP contribution >= 0.6 is 0 Å². The first-order chi connectivity index (χ1) is 10.1. The molecule has 0 bridgehead atoms. The van der Waals surface area contributed by atoms with Crippen molar-refractivity contribution >= 4 is 11.6 Å². The summed E-state index contributed by atoms with van der Waals surface area (Å²) in [6, 6.07) is 9.74. The zero-order valence-corrected chi connectivity index (χ0v) is 12.8. The molecule has 1 heterocycles. The van der Waals surface area contributed by atoms with Gasteiger partial charge < -0.3 is 15.1 Å². The maximum absolute atomic E-state index is 12.4. The van der Waals surface area contributed by atoms with E-state index in [1.807, 2.05) is 51.2 Å². The Morgan fingerprint density at radius 2 is 2.14 bits per heavy atom. The van der Waals surface area contributed by atoms with Crippen LogP contribution in [0.1, 0.15) is 35.0 Å². The van der Waals surface area contributed by atoms with Gasteiger partial charge in [0.1, 0.15) is 5.76 Å². The maximum atomic E-state index is 12.4. The summed E-state index contributed by atoms with van der Waals surface area (Å²) in [6.07, 6.45) is 3.34. The van der Waals surface area contributed by atoms with Crippen LogP contribution in [0.15, 0.2) is 41.0 Å². The minimum atomic E-state index is -0.0463. The normalized spacial score (nSPS) is 12.0. The first kappa shape index (κ1) is 15.2. The number of anilines is 1. The second-order valence-electron chi connectivity index (χ2n) is 5.29. The number of hydrogen-bond acceptors (Lipinski definition) is 3. The Kier molecular flexibility index (Phi) is 5.04. The lowest BCUT2D eigenvalue weighted by Crippen LogP contribution is -2.33. The number of rotatable bonds is 6. The molecule has 4 heteroatoms. The topological polar surface area (TPSA) is 54.3 Å². The van der Waals surface area contributed by atoms with Crippen molar-refractivity contribution in [3.05, 3.63) is 53.5 Å². The molecule has 1 atom stereocenters. The average Bonchev–Trinajstić information content (AvgIpc) is 2.98. The van der Waals surface area contributed by atoms with Crippen LogP contribution in [0.5, 0.6) is 0 Å². The first-order valence-electron chi connectivity index (χ1n) is 7.22. The molecule has 1 aromatic heterocycles. The number of furan rings is 1. The number of nitrogens with one attached hydrogen (secondary N) is 2. The molecule has 0 aliphatic heterocycles. The lowest BCUT2D eigenvalue weighted by atomic mass is 10.1. The third-order valence-electron chi connectivity index (χ3n) is 3.47. The predicted octanol–water partition coefficient (Wildman–Crippen LogP) is 3.38. The summed E-state index contributed by atoms with van der Waals surface area (Å²) in [5, 5.41) is 6.10. The van der Waals surface area contributed by atoms with Gasteiger partial charge in [0, 0.05) is 25.2 Å². The number of hydrogen-bond donors (Lipinski definition) is 2. The fourth-order valence-electron chi connectivity index (χ4n) is 2.25. The SMILES string of the molecule is CNc1ccc(C)cc1C(=O)NC(C)CCc1ccco1. The van der Waals surface area contributed by atoms with Gasteiger partial charge in [0.15, 0.2) is 0 Å². The number of carbonyl (C=O) groups is 1. The highest BCUT2D eigenvalue weighted by Crippen LogP contribution is 2.17. The van der Waals surface area contributed by atoms with Crippen molar-refractivity contribution in [2.24, 2.45) is 0 Å². The van der Waals surface area contributed by atoms with Crippen LogP contribution in [0.25, 0.3) is 0 Å². The Balaban J connectivity index is 1.95. The van der Waals surface area contributed by atoms with Crippen LogP contribution in [0.4, 0.5) is 5.69 Å². The second-order valence-corrected chi connectivity index (χ2v) is 5.29. The molecule has 0 saturated heterocycles. The van der Waals surface area contributed by atoms with E-state index < -0.39 is 0 Å².